The molecule has 4 atom stereocenters. The minimum absolute atomic E-state index is 0.0378. The lowest BCUT2D eigenvalue weighted by atomic mass is 9.77. The Morgan fingerprint density at radius 3 is 2.81 bits per heavy atom. The van der Waals surface area contributed by atoms with Crippen LogP contribution in [0.25, 0.3) is 0 Å². The number of thiophene rings is 1. The first-order chi connectivity index (χ1) is 12.7. The van der Waals surface area contributed by atoms with Crippen LogP contribution >= 0.6 is 11.3 Å². The molecule has 2 aliphatic carbocycles. The molecule has 3 aliphatic rings. The molecule has 5 nitrogen and oxygen atoms in total. The Morgan fingerprint density at radius 2 is 2.00 bits per heavy atom. The number of fused-ring (bicyclic) bond motifs is 2. The third-order valence-corrected chi connectivity index (χ3v) is 7.62. The average molecular weight is 372 g/mol. The molecule has 2 aromatic heterocycles. The summed E-state index contributed by atoms with van der Waals surface area (Å²) in [4.78, 5) is 16.2. The van der Waals surface area contributed by atoms with Gasteiger partial charge in [0.15, 0.2) is 0 Å². The molecule has 0 spiro atoms. The van der Waals surface area contributed by atoms with Crippen molar-refractivity contribution < 1.29 is 9.90 Å². The third kappa shape index (κ3) is 2.70. The second-order valence-electron chi connectivity index (χ2n) is 8.10. The van der Waals surface area contributed by atoms with E-state index in [9.17, 15) is 9.90 Å². The van der Waals surface area contributed by atoms with E-state index in [0.717, 1.165) is 43.6 Å². The molecule has 0 radical (unpaired) electrons. The molecule has 1 amide bonds. The molecule has 5 rings (SSSR count). The van der Waals surface area contributed by atoms with Crippen LogP contribution in [0.5, 0.6) is 0 Å². The van der Waals surface area contributed by atoms with Crippen LogP contribution in [0.2, 0.25) is 0 Å². The van der Waals surface area contributed by atoms with E-state index in [0.29, 0.717) is 11.8 Å². The van der Waals surface area contributed by atoms with Gasteiger partial charge in [-0.1, -0.05) is 0 Å². The molecule has 0 unspecified atom stereocenters. The number of carbonyl (C=O) groups excluding carboxylic acids is 1. The lowest BCUT2D eigenvalue weighted by Crippen LogP contribution is -2.36. The first-order valence-electron chi connectivity index (χ1n) is 9.76. The van der Waals surface area contributed by atoms with Crippen LogP contribution in [-0.2, 0) is 12.8 Å². The van der Waals surface area contributed by atoms with Crippen molar-refractivity contribution in [3.8, 4) is 0 Å². The highest BCUT2D eigenvalue weighted by atomic mass is 32.1. The molecule has 1 saturated carbocycles. The van der Waals surface area contributed by atoms with Crippen molar-refractivity contribution in [1.29, 1.82) is 0 Å². The monoisotopic (exact) mass is 371 g/mol. The first-order valence-corrected chi connectivity index (χ1v) is 10.6. The molecule has 1 N–H and O–H groups in total. The Balaban J connectivity index is 1.33. The number of aliphatic hydroxyl groups excluding tert-OH is 1. The SMILES string of the molecule is O=C(c1scc2c1CCCC2)N1C[C@H]2C[C@@H](n3cccn3)[C@H](O)C[C@H]2C1. The zero-order valence-electron chi connectivity index (χ0n) is 14.9. The molecule has 1 aliphatic heterocycles. The number of carbonyl (C=O) groups is 1. The number of nitrogens with zero attached hydrogens (tertiary/aromatic N) is 3. The van der Waals surface area contributed by atoms with E-state index in [4.69, 9.17) is 0 Å². The predicted octanol–water partition coefficient (Wildman–Crippen LogP) is 2.91. The van der Waals surface area contributed by atoms with Crippen LogP contribution in [0.15, 0.2) is 23.8 Å². The van der Waals surface area contributed by atoms with Gasteiger partial charge in [-0.25, -0.2) is 0 Å². The van der Waals surface area contributed by atoms with Crippen molar-refractivity contribution in [2.75, 3.05) is 13.1 Å². The molecular formula is C20H25N3O2S. The van der Waals surface area contributed by atoms with Gasteiger partial charge in [-0.15, -0.1) is 11.3 Å². The topological polar surface area (TPSA) is 58.4 Å². The molecule has 2 aromatic rings. The molecule has 0 bridgehead atoms. The Morgan fingerprint density at radius 1 is 1.19 bits per heavy atom. The highest BCUT2D eigenvalue weighted by Gasteiger charge is 2.44. The highest BCUT2D eigenvalue weighted by Crippen LogP contribution is 2.42. The van der Waals surface area contributed by atoms with Gasteiger partial charge in [-0.2, -0.15) is 5.10 Å². The summed E-state index contributed by atoms with van der Waals surface area (Å²) in [7, 11) is 0. The van der Waals surface area contributed by atoms with Crippen LogP contribution in [0.4, 0.5) is 0 Å². The van der Waals surface area contributed by atoms with E-state index < -0.39 is 0 Å². The number of aliphatic hydroxyl groups is 1. The molecule has 26 heavy (non-hydrogen) atoms. The van der Waals surface area contributed by atoms with Crippen molar-refractivity contribution in [3.63, 3.8) is 0 Å². The van der Waals surface area contributed by atoms with E-state index in [1.54, 1.807) is 17.5 Å². The highest BCUT2D eigenvalue weighted by molar-refractivity contribution is 7.12. The van der Waals surface area contributed by atoms with Gasteiger partial charge in [0.05, 0.1) is 17.0 Å². The van der Waals surface area contributed by atoms with Gasteiger partial charge in [-0.05, 0) is 72.9 Å². The Hall–Kier alpha value is -1.66. The maximum absolute atomic E-state index is 13.2. The van der Waals surface area contributed by atoms with Gasteiger partial charge in [0, 0.05) is 25.5 Å². The van der Waals surface area contributed by atoms with Crippen LogP contribution in [-0.4, -0.2) is 44.9 Å². The number of aromatic nitrogens is 2. The smallest absolute Gasteiger partial charge is 0.264 e. The van der Waals surface area contributed by atoms with Gasteiger partial charge in [0.2, 0.25) is 0 Å². The van der Waals surface area contributed by atoms with Crippen LogP contribution in [0.1, 0.15) is 52.5 Å². The van der Waals surface area contributed by atoms with E-state index in [1.165, 1.54) is 24.0 Å². The van der Waals surface area contributed by atoms with Crippen LogP contribution in [0, 0.1) is 11.8 Å². The summed E-state index contributed by atoms with van der Waals surface area (Å²) in [6.45, 7) is 1.61. The van der Waals surface area contributed by atoms with Crippen molar-refractivity contribution >= 4 is 17.2 Å². The van der Waals surface area contributed by atoms with Crippen molar-refractivity contribution in [2.45, 2.75) is 50.7 Å². The molecule has 3 heterocycles. The summed E-state index contributed by atoms with van der Waals surface area (Å²) in [6.07, 6.45) is 9.63. The number of aryl methyl sites for hydroxylation is 1. The summed E-state index contributed by atoms with van der Waals surface area (Å²) >= 11 is 1.64. The Bertz CT molecular complexity index is 800. The zero-order chi connectivity index (χ0) is 17.7. The fraction of sp³-hybridized carbons (Fsp3) is 0.600. The summed E-state index contributed by atoms with van der Waals surface area (Å²) in [5, 5.41) is 17.1. The maximum atomic E-state index is 13.2. The van der Waals surface area contributed by atoms with E-state index in [-0.39, 0.29) is 18.1 Å². The molecular weight excluding hydrogens is 346 g/mol. The number of amides is 1. The zero-order valence-corrected chi connectivity index (χ0v) is 15.7. The lowest BCUT2D eigenvalue weighted by Gasteiger charge is -2.35. The van der Waals surface area contributed by atoms with Crippen molar-refractivity contribution in [1.82, 2.24) is 14.7 Å². The normalized spacial score (nSPS) is 30.9. The Labute approximate surface area is 157 Å². The number of likely N-dealkylation sites (tertiary alicyclic amines) is 1. The van der Waals surface area contributed by atoms with E-state index in [1.807, 2.05) is 21.8 Å². The van der Waals surface area contributed by atoms with Crippen molar-refractivity contribution in [2.24, 2.45) is 11.8 Å². The largest absolute Gasteiger partial charge is 0.391 e. The standard InChI is InChI=1S/C20H25N3O2S/c24-18-9-15-11-22(10-14(15)8-17(18)23-7-3-6-21-23)20(25)19-16-5-2-1-4-13(16)12-26-19/h3,6-7,12,14-15,17-18,24H,1-2,4-5,8-11H2/t14-,15+,17-,18-/m1/s1. The lowest BCUT2D eigenvalue weighted by molar-refractivity contribution is 0.0306. The average Bonchev–Trinajstić information content (AvgIpc) is 3.39. The Kier molecular flexibility index (Phi) is 4.13. The summed E-state index contributed by atoms with van der Waals surface area (Å²) in [5.74, 6) is 1.10. The second kappa shape index (κ2) is 6.50. The van der Waals surface area contributed by atoms with Gasteiger partial charge in [-0.3, -0.25) is 9.48 Å². The number of rotatable bonds is 2. The van der Waals surface area contributed by atoms with Gasteiger partial charge >= 0.3 is 0 Å². The summed E-state index contributed by atoms with van der Waals surface area (Å²) in [6, 6.07) is 1.94. The second-order valence-corrected chi connectivity index (χ2v) is 8.98. The minimum Gasteiger partial charge on any atom is -0.391 e. The molecule has 1 saturated heterocycles. The van der Waals surface area contributed by atoms with Crippen LogP contribution in [0.3, 0.4) is 0 Å². The first kappa shape index (κ1) is 16.5. The summed E-state index contributed by atoms with van der Waals surface area (Å²) < 4.78 is 1.89. The molecule has 2 fully saturated rings. The number of hydrogen-bond acceptors (Lipinski definition) is 4. The quantitative estimate of drug-likeness (QED) is 0.883. The molecule has 0 aromatic carbocycles. The maximum Gasteiger partial charge on any atom is 0.264 e. The van der Waals surface area contributed by atoms with E-state index >= 15 is 0 Å². The van der Waals surface area contributed by atoms with Crippen molar-refractivity contribution in [3.05, 3.63) is 39.8 Å². The number of hydrogen-bond donors (Lipinski definition) is 1. The van der Waals surface area contributed by atoms with Gasteiger partial charge in [0.25, 0.3) is 5.91 Å². The predicted molar refractivity (Wildman–Crippen MR) is 100 cm³/mol. The van der Waals surface area contributed by atoms with Gasteiger partial charge < -0.3 is 10.0 Å². The fourth-order valence-corrected chi connectivity index (χ4v) is 6.30. The van der Waals surface area contributed by atoms with Gasteiger partial charge in [0.1, 0.15) is 0 Å². The third-order valence-electron chi connectivity index (χ3n) is 6.56. The summed E-state index contributed by atoms with van der Waals surface area (Å²) in [5.41, 5.74) is 2.71. The fourth-order valence-electron chi connectivity index (χ4n) is 5.18. The van der Waals surface area contributed by atoms with E-state index in [2.05, 4.69) is 10.5 Å². The minimum atomic E-state index is -0.374. The van der Waals surface area contributed by atoms with Crippen LogP contribution < -0.4 is 0 Å². The molecule has 6 heteroatoms. The molecule has 138 valence electrons.